The molecule has 2 aromatic rings. The highest BCUT2D eigenvalue weighted by atomic mass is 32.2. The fourth-order valence-electron chi connectivity index (χ4n) is 2.19. The molecule has 1 aromatic heterocycles. The number of thioether (sulfide) groups is 2. The van der Waals surface area contributed by atoms with Gasteiger partial charge in [-0.2, -0.15) is 23.5 Å². The van der Waals surface area contributed by atoms with E-state index < -0.39 is 0 Å². The van der Waals surface area contributed by atoms with Crippen molar-refractivity contribution in [3.05, 3.63) is 28.8 Å². The third-order valence-corrected chi connectivity index (χ3v) is 6.16. The first-order valence-corrected chi connectivity index (χ1v) is 8.43. The fourth-order valence-corrected chi connectivity index (χ4v) is 5.12. The predicted octanol–water partition coefficient (Wildman–Crippen LogP) is 3.69. The molecule has 1 unspecified atom stereocenters. The molecule has 96 valence electrons. The van der Waals surface area contributed by atoms with Crippen molar-refractivity contribution in [2.75, 3.05) is 17.3 Å². The number of para-hydroxylation sites is 1. The minimum Gasteiger partial charge on any atom is -0.330 e. The Morgan fingerprint density at radius 1 is 1.44 bits per heavy atom. The second-order valence-electron chi connectivity index (χ2n) is 4.24. The molecule has 6 heteroatoms. The van der Waals surface area contributed by atoms with Crippen molar-refractivity contribution < 1.29 is 4.39 Å². The highest BCUT2D eigenvalue weighted by Gasteiger charge is 2.17. The lowest BCUT2D eigenvalue weighted by Gasteiger charge is -2.21. The highest BCUT2D eigenvalue weighted by Crippen LogP contribution is 2.27. The van der Waals surface area contributed by atoms with E-state index in [0.29, 0.717) is 15.5 Å². The molecule has 0 saturated carbocycles. The summed E-state index contributed by atoms with van der Waals surface area (Å²) in [5, 5.41) is 0.522. The van der Waals surface area contributed by atoms with Crippen LogP contribution >= 0.6 is 35.7 Å². The largest absolute Gasteiger partial charge is 0.330 e. The van der Waals surface area contributed by atoms with Crippen LogP contribution in [-0.2, 0) is 6.54 Å². The molecule has 1 saturated heterocycles. The molecule has 0 radical (unpaired) electrons. The van der Waals surface area contributed by atoms with E-state index in [2.05, 4.69) is 4.98 Å². The zero-order valence-electron chi connectivity index (χ0n) is 9.69. The molecule has 0 spiro atoms. The second kappa shape index (κ2) is 5.27. The van der Waals surface area contributed by atoms with Crippen LogP contribution in [0.4, 0.5) is 4.39 Å². The number of H-pyrrole nitrogens is 1. The van der Waals surface area contributed by atoms with Crippen LogP contribution in [0, 0.1) is 10.6 Å². The molecular weight excluding hydrogens is 287 g/mol. The first-order chi connectivity index (χ1) is 8.75. The zero-order valence-corrected chi connectivity index (χ0v) is 12.1. The molecule has 0 bridgehead atoms. The van der Waals surface area contributed by atoms with E-state index in [1.807, 2.05) is 34.2 Å². The van der Waals surface area contributed by atoms with Gasteiger partial charge in [0, 0.05) is 29.1 Å². The van der Waals surface area contributed by atoms with Crippen molar-refractivity contribution in [2.45, 2.75) is 11.8 Å². The van der Waals surface area contributed by atoms with E-state index >= 15 is 0 Å². The Balaban J connectivity index is 2.00. The molecule has 3 rings (SSSR count). The molecule has 0 amide bonds. The monoisotopic (exact) mass is 300 g/mol. The maximum atomic E-state index is 13.9. The molecule has 1 atom stereocenters. The molecule has 1 fully saturated rings. The van der Waals surface area contributed by atoms with Crippen LogP contribution in [0.1, 0.15) is 0 Å². The van der Waals surface area contributed by atoms with Crippen molar-refractivity contribution in [3.63, 3.8) is 0 Å². The van der Waals surface area contributed by atoms with Gasteiger partial charge in [-0.25, -0.2) is 4.39 Å². The van der Waals surface area contributed by atoms with E-state index in [9.17, 15) is 4.39 Å². The SMILES string of the molecule is Fc1cccc2[nH]c(=S)n(CC3CSCCS3)c12. The fraction of sp³-hybridized carbons (Fsp3) is 0.417. The van der Waals surface area contributed by atoms with Gasteiger partial charge in [-0.05, 0) is 24.4 Å². The van der Waals surface area contributed by atoms with Gasteiger partial charge < -0.3 is 9.55 Å². The van der Waals surface area contributed by atoms with Gasteiger partial charge >= 0.3 is 0 Å². The van der Waals surface area contributed by atoms with Crippen LogP contribution in [0.5, 0.6) is 0 Å². The van der Waals surface area contributed by atoms with Crippen LogP contribution in [0.25, 0.3) is 11.0 Å². The van der Waals surface area contributed by atoms with E-state index in [-0.39, 0.29) is 5.82 Å². The Hall–Kier alpha value is -0.460. The number of halogens is 1. The summed E-state index contributed by atoms with van der Waals surface area (Å²) in [6.07, 6.45) is 0. The van der Waals surface area contributed by atoms with Gasteiger partial charge in [0.05, 0.1) is 5.52 Å². The average molecular weight is 300 g/mol. The van der Waals surface area contributed by atoms with Gasteiger partial charge in [-0.15, -0.1) is 0 Å². The number of fused-ring (bicyclic) bond motifs is 1. The van der Waals surface area contributed by atoms with Crippen molar-refractivity contribution in [1.29, 1.82) is 0 Å². The number of rotatable bonds is 2. The number of nitrogens with zero attached hydrogens (tertiary/aromatic N) is 1. The number of hydrogen-bond acceptors (Lipinski definition) is 3. The third kappa shape index (κ3) is 2.33. The van der Waals surface area contributed by atoms with Crippen LogP contribution in [0.3, 0.4) is 0 Å². The molecule has 1 aromatic carbocycles. The standard InChI is InChI=1S/C12H13FN2S3/c13-9-2-1-3-10-11(9)15(12(16)14-10)6-8-7-17-4-5-18-8/h1-3,8H,4-7H2,(H,14,16). The van der Waals surface area contributed by atoms with Crippen molar-refractivity contribution in [2.24, 2.45) is 0 Å². The third-order valence-electron chi connectivity index (χ3n) is 3.01. The number of nitrogens with one attached hydrogen (secondary N) is 1. The molecule has 18 heavy (non-hydrogen) atoms. The Kier molecular flexibility index (Phi) is 3.68. The van der Waals surface area contributed by atoms with Crippen LogP contribution in [0.2, 0.25) is 0 Å². The molecule has 2 heterocycles. The average Bonchev–Trinajstić information content (AvgIpc) is 2.69. The normalized spacial score (nSPS) is 20.4. The Bertz CT molecular complexity index is 613. The van der Waals surface area contributed by atoms with Crippen LogP contribution < -0.4 is 0 Å². The number of aromatic amines is 1. The Labute approximate surface area is 118 Å². The maximum Gasteiger partial charge on any atom is 0.178 e. The Morgan fingerprint density at radius 2 is 2.33 bits per heavy atom. The van der Waals surface area contributed by atoms with Crippen LogP contribution in [-0.4, -0.2) is 32.1 Å². The van der Waals surface area contributed by atoms with E-state index in [0.717, 1.165) is 17.8 Å². The summed E-state index contributed by atoms with van der Waals surface area (Å²) in [6, 6.07) is 5.07. The molecule has 2 nitrogen and oxygen atoms in total. The van der Waals surface area contributed by atoms with Gasteiger partial charge in [0.15, 0.2) is 4.77 Å². The lowest BCUT2D eigenvalue weighted by molar-refractivity contribution is 0.619. The van der Waals surface area contributed by atoms with Gasteiger partial charge in [0.1, 0.15) is 11.3 Å². The minimum atomic E-state index is -0.201. The van der Waals surface area contributed by atoms with Gasteiger partial charge in [-0.3, -0.25) is 0 Å². The molecule has 1 aliphatic heterocycles. The first-order valence-electron chi connectivity index (χ1n) is 5.82. The first kappa shape index (κ1) is 12.6. The van der Waals surface area contributed by atoms with Gasteiger partial charge in [-0.1, -0.05) is 6.07 Å². The predicted molar refractivity (Wildman–Crippen MR) is 80.7 cm³/mol. The smallest absolute Gasteiger partial charge is 0.178 e. The highest BCUT2D eigenvalue weighted by molar-refractivity contribution is 8.06. The lowest BCUT2D eigenvalue weighted by atomic mass is 10.3. The second-order valence-corrected chi connectivity index (χ2v) is 7.19. The van der Waals surface area contributed by atoms with E-state index in [1.165, 1.54) is 17.6 Å². The quantitative estimate of drug-likeness (QED) is 0.855. The molecule has 0 aliphatic carbocycles. The number of aromatic nitrogens is 2. The van der Waals surface area contributed by atoms with E-state index in [1.54, 1.807) is 6.07 Å². The summed E-state index contributed by atoms with van der Waals surface area (Å²) >= 11 is 9.23. The number of imidazole rings is 1. The zero-order chi connectivity index (χ0) is 12.5. The summed E-state index contributed by atoms with van der Waals surface area (Å²) in [6.45, 7) is 0.789. The maximum absolute atomic E-state index is 13.9. The summed E-state index contributed by atoms with van der Waals surface area (Å²) < 4.78 is 16.4. The topological polar surface area (TPSA) is 20.7 Å². The van der Waals surface area contributed by atoms with Crippen molar-refractivity contribution in [3.8, 4) is 0 Å². The van der Waals surface area contributed by atoms with Crippen molar-refractivity contribution >= 4 is 46.8 Å². The van der Waals surface area contributed by atoms with Gasteiger partial charge in [0.2, 0.25) is 0 Å². The Morgan fingerprint density at radius 3 is 3.11 bits per heavy atom. The minimum absolute atomic E-state index is 0.201. The summed E-state index contributed by atoms with van der Waals surface area (Å²) in [4.78, 5) is 3.08. The van der Waals surface area contributed by atoms with E-state index in [4.69, 9.17) is 12.2 Å². The summed E-state index contributed by atoms with van der Waals surface area (Å²) in [7, 11) is 0. The lowest BCUT2D eigenvalue weighted by Crippen LogP contribution is -2.20. The number of benzene rings is 1. The summed E-state index contributed by atoms with van der Waals surface area (Å²) in [5.41, 5.74) is 1.40. The number of hydrogen-bond donors (Lipinski definition) is 1. The van der Waals surface area contributed by atoms with Crippen molar-refractivity contribution in [1.82, 2.24) is 9.55 Å². The molecule has 1 aliphatic rings. The molecular formula is C12H13FN2S3. The molecule has 1 N–H and O–H groups in total. The summed E-state index contributed by atoms with van der Waals surface area (Å²) in [5.74, 6) is 3.31. The van der Waals surface area contributed by atoms with Crippen LogP contribution in [0.15, 0.2) is 18.2 Å². The van der Waals surface area contributed by atoms with Gasteiger partial charge in [0.25, 0.3) is 0 Å².